The van der Waals surface area contributed by atoms with Gasteiger partial charge in [0.2, 0.25) is 0 Å². The van der Waals surface area contributed by atoms with Gasteiger partial charge in [0.15, 0.2) is 11.5 Å². The third kappa shape index (κ3) is 2.24. The van der Waals surface area contributed by atoms with E-state index in [1.165, 1.54) is 12.7 Å². The van der Waals surface area contributed by atoms with Crippen molar-refractivity contribution in [2.24, 2.45) is 0 Å². The topological polar surface area (TPSA) is 95.0 Å². The Morgan fingerprint density at radius 3 is 2.94 bits per heavy atom. The molecule has 0 aromatic carbocycles. The van der Waals surface area contributed by atoms with Crippen LogP contribution in [0.2, 0.25) is 0 Å². The van der Waals surface area contributed by atoms with Crippen LogP contribution in [-0.2, 0) is 4.79 Å². The first kappa shape index (κ1) is 12.3. The molecule has 96 valence electrons. The summed E-state index contributed by atoms with van der Waals surface area (Å²) in [4.78, 5) is 27.9. The number of carbonyl (C=O) groups is 1. The maximum absolute atomic E-state index is 11.0. The number of carboxylic acid groups (broad SMARTS) is 1. The second-order valence-corrected chi connectivity index (χ2v) is 4.08. The van der Waals surface area contributed by atoms with Crippen molar-refractivity contribution in [2.45, 2.75) is 26.3 Å². The Kier molecular flexibility index (Phi) is 3.40. The molecule has 2 rings (SSSR count). The summed E-state index contributed by atoms with van der Waals surface area (Å²) >= 11 is 0. The standard InChI is InChI=1S/C11H15N5O2/c1-3-7(2)16(4-8(17)18)11-9-10(13-5-12-9)14-6-15-11/h5-7H,3-4H2,1-2H3,(H,17,18)(H,12,13,14,15). The van der Waals surface area contributed by atoms with Crippen LogP contribution < -0.4 is 4.90 Å². The molecule has 7 nitrogen and oxygen atoms in total. The molecule has 2 heterocycles. The number of imidazole rings is 1. The van der Waals surface area contributed by atoms with E-state index in [9.17, 15) is 4.79 Å². The van der Waals surface area contributed by atoms with Crippen LogP contribution >= 0.6 is 0 Å². The van der Waals surface area contributed by atoms with Gasteiger partial charge in [-0.3, -0.25) is 4.79 Å². The quantitative estimate of drug-likeness (QED) is 0.822. The van der Waals surface area contributed by atoms with Gasteiger partial charge >= 0.3 is 5.97 Å². The smallest absolute Gasteiger partial charge is 0.323 e. The minimum absolute atomic E-state index is 0.0718. The molecule has 1 atom stereocenters. The van der Waals surface area contributed by atoms with Crippen LogP contribution in [0, 0.1) is 0 Å². The van der Waals surface area contributed by atoms with Gasteiger partial charge in [-0.15, -0.1) is 0 Å². The van der Waals surface area contributed by atoms with E-state index in [0.29, 0.717) is 17.0 Å². The summed E-state index contributed by atoms with van der Waals surface area (Å²) in [6, 6.07) is 0.0718. The van der Waals surface area contributed by atoms with E-state index < -0.39 is 5.97 Å². The molecule has 0 radical (unpaired) electrons. The molecule has 0 aliphatic rings. The normalized spacial score (nSPS) is 12.6. The largest absolute Gasteiger partial charge is 0.480 e. The van der Waals surface area contributed by atoms with E-state index in [-0.39, 0.29) is 12.6 Å². The van der Waals surface area contributed by atoms with Crippen molar-refractivity contribution < 1.29 is 9.90 Å². The summed E-state index contributed by atoms with van der Waals surface area (Å²) in [5, 5.41) is 9.00. The average Bonchev–Trinajstić information content (AvgIpc) is 2.83. The summed E-state index contributed by atoms with van der Waals surface area (Å²) in [7, 11) is 0. The molecule has 2 aromatic rings. The van der Waals surface area contributed by atoms with E-state index in [4.69, 9.17) is 5.11 Å². The van der Waals surface area contributed by atoms with Crippen molar-refractivity contribution in [3.63, 3.8) is 0 Å². The Labute approximate surface area is 104 Å². The summed E-state index contributed by atoms with van der Waals surface area (Å²) < 4.78 is 0. The number of carboxylic acids is 1. The predicted molar refractivity (Wildman–Crippen MR) is 66.4 cm³/mol. The lowest BCUT2D eigenvalue weighted by Crippen LogP contribution is -2.37. The molecule has 18 heavy (non-hydrogen) atoms. The van der Waals surface area contributed by atoms with E-state index >= 15 is 0 Å². The fourth-order valence-electron chi connectivity index (χ4n) is 1.78. The van der Waals surface area contributed by atoms with Crippen LogP contribution in [-0.4, -0.2) is 43.6 Å². The van der Waals surface area contributed by atoms with Crippen LogP contribution in [0.25, 0.3) is 11.2 Å². The number of aromatic amines is 1. The predicted octanol–water partition coefficient (Wildman–Crippen LogP) is 1.04. The van der Waals surface area contributed by atoms with Gasteiger partial charge in [-0.05, 0) is 13.3 Å². The zero-order chi connectivity index (χ0) is 13.1. The maximum Gasteiger partial charge on any atom is 0.323 e. The molecule has 0 amide bonds. The third-order valence-corrected chi connectivity index (χ3v) is 2.90. The number of nitrogens with one attached hydrogen (secondary N) is 1. The average molecular weight is 249 g/mol. The summed E-state index contributed by atoms with van der Waals surface area (Å²) in [6.45, 7) is 3.87. The number of fused-ring (bicyclic) bond motifs is 1. The van der Waals surface area contributed by atoms with E-state index in [1.807, 2.05) is 13.8 Å². The second kappa shape index (κ2) is 4.99. The highest BCUT2D eigenvalue weighted by Crippen LogP contribution is 2.22. The number of aliphatic carboxylic acids is 1. The summed E-state index contributed by atoms with van der Waals surface area (Å²) in [5.41, 5.74) is 1.21. The molecule has 7 heteroatoms. The zero-order valence-corrected chi connectivity index (χ0v) is 10.3. The van der Waals surface area contributed by atoms with Gasteiger partial charge in [-0.1, -0.05) is 6.92 Å². The van der Waals surface area contributed by atoms with Gasteiger partial charge < -0.3 is 15.0 Å². The summed E-state index contributed by atoms with van der Waals surface area (Å²) in [6.07, 6.45) is 3.75. The first-order chi connectivity index (χ1) is 8.63. The second-order valence-electron chi connectivity index (χ2n) is 4.08. The number of H-pyrrole nitrogens is 1. The van der Waals surface area contributed by atoms with Gasteiger partial charge in [0.25, 0.3) is 0 Å². The van der Waals surface area contributed by atoms with E-state index in [2.05, 4.69) is 19.9 Å². The lowest BCUT2D eigenvalue weighted by Gasteiger charge is -2.27. The minimum atomic E-state index is -0.887. The van der Waals surface area contributed by atoms with Crippen LogP contribution in [0.5, 0.6) is 0 Å². The van der Waals surface area contributed by atoms with Crippen LogP contribution in [0.4, 0.5) is 5.82 Å². The first-order valence-corrected chi connectivity index (χ1v) is 5.76. The third-order valence-electron chi connectivity index (χ3n) is 2.90. The highest BCUT2D eigenvalue weighted by atomic mass is 16.4. The van der Waals surface area contributed by atoms with Gasteiger partial charge in [-0.25, -0.2) is 15.0 Å². The Bertz CT molecular complexity index is 553. The molecule has 0 spiro atoms. The van der Waals surface area contributed by atoms with Crippen molar-refractivity contribution in [1.29, 1.82) is 0 Å². The van der Waals surface area contributed by atoms with Gasteiger partial charge in [-0.2, -0.15) is 0 Å². The van der Waals surface area contributed by atoms with Crippen LogP contribution in [0.1, 0.15) is 20.3 Å². The van der Waals surface area contributed by atoms with Crippen molar-refractivity contribution >= 4 is 23.0 Å². The molecule has 2 aromatic heterocycles. The molecular weight excluding hydrogens is 234 g/mol. The molecule has 1 unspecified atom stereocenters. The lowest BCUT2D eigenvalue weighted by molar-refractivity contribution is -0.135. The Balaban J connectivity index is 2.46. The molecule has 2 N–H and O–H groups in total. The monoisotopic (exact) mass is 249 g/mol. The van der Waals surface area contributed by atoms with Crippen molar-refractivity contribution in [1.82, 2.24) is 19.9 Å². The lowest BCUT2D eigenvalue weighted by atomic mass is 10.2. The Morgan fingerprint density at radius 2 is 2.28 bits per heavy atom. The number of aromatic nitrogens is 4. The molecule has 0 aliphatic carbocycles. The highest BCUT2D eigenvalue weighted by molar-refractivity contribution is 5.85. The molecule has 0 fully saturated rings. The van der Waals surface area contributed by atoms with Gasteiger partial charge in [0.05, 0.1) is 6.33 Å². The Morgan fingerprint density at radius 1 is 1.50 bits per heavy atom. The van der Waals surface area contributed by atoms with Crippen molar-refractivity contribution in [2.75, 3.05) is 11.4 Å². The molecule has 0 saturated carbocycles. The molecular formula is C11H15N5O2. The van der Waals surface area contributed by atoms with Crippen LogP contribution in [0.3, 0.4) is 0 Å². The molecule has 0 aliphatic heterocycles. The number of hydrogen-bond donors (Lipinski definition) is 2. The fourth-order valence-corrected chi connectivity index (χ4v) is 1.78. The van der Waals surface area contributed by atoms with E-state index in [0.717, 1.165) is 6.42 Å². The first-order valence-electron chi connectivity index (χ1n) is 5.76. The fraction of sp³-hybridized carbons (Fsp3) is 0.455. The molecule has 0 saturated heterocycles. The zero-order valence-electron chi connectivity index (χ0n) is 10.3. The number of anilines is 1. The van der Waals surface area contributed by atoms with Crippen molar-refractivity contribution in [3.05, 3.63) is 12.7 Å². The summed E-state index contributed by atoms with van der Waals surface area (Å²) in [5.74, 6) is -0.309. The van der Waals surface area contributed by atoms with Crippen LogP contribution in [0.15, 0.2) is 12.7 Å². The van der Waals surface area contributed by atoms with Gasteiger partial charge in [0.1, 0.15) is 18.4 Å². The Hall–Kier alpha value is -2.18. The maximum atomic E-state index is 11.0. The van der Waals surface area contributed by atoms with Gasteiger partial charge in [0, 0.05) is 6.04 Å². The number of nitrogens with zero attached hydrogens (tertiary/aromatic N) is 4. The SMILES string of the molecule is CCC(C)N(CC(=O)O)c1ncnc2nc[nH]c12. The number of hydrogen-bond acceptors (Lipinski definition) is 5. The minimum Gasteiger partial charge on any atom is -0.480 e. The highest BCUT2D eigenvalue weighted by Gasteiger charge is 2.20. The van der Waals surface area contributed by atoms with E-state index in [1.54, 1.807) is 4.90 Å². The number of rotatable bonds is 5. The molecule has 0 bridgehead atoms. The van der Waals surface area contributed by atoms with Crippen molar-refractivity contribution in [3.8, 4) is 0 Å².